The number of hydrogen-bond donors (Lipinski definition) is 2. The summed E-state index contributed by atoms with van der Waals surface area (Å²) in [7, 11) is 0. The summed E-state index contributed by atoms with van der Waals surface area (Å²) < 4.78 is 0. The third-order valence-corrected chi connectivity index (χ3v) is 3.64. The molecule has 0 saturated carbocycles. The van der Waals surface area contributed by atoms with Crippen LogP contribution < -0.4 is 5.32 Å². The van der Waals surface area contributed by atoms with Crippen LogP contribution in [0.1, 0.15) is 5.01 Å². The highest BCUT2D eigenvalue weighted by molar-refractivity contribution is 7.09. The van der Waals surface area contributed by atoms with Crippen LogP contribution in [0.5, 0.6) is 0 Å². The molecule has 2 N–H and O–H groups in total. The Labute approximate surface area is 120 Å². The lowest BCUT2D eigenvalue weighted by Gasteiger charge is -1.99. The molecule has 2 aromatic rings. The van der Waals surface area contributed by atoms with Gasteiger partial charge < -0.3 is 10.4 Å². The molecule has 106 valence electrons. The van der Waals surface area contributed by atoms with Crippen molar-refractivity contribution in [1.82, 2.24) is 10.3 Å². The molecular formula is C13H15N3O3S. The highest BCUT2D eigenvalue weighted by Gasteiger charge is 2.08. The normalized spacial score (nSPS) is 10.7. The van der Waals surface area contributed by atoms with Crippen LogP contribution in [-0.4, -0.2) is 34.7 Å². The summed E-state index contributed by atoms with van der Waals surface area (Å²) in [5, 5.41) is 25.3. The Kier molecular flexibility index (Phi) is 5.16. The molecule has 0 atom stereocenters. The zero-order valence-electron chi connectivity index (χ0n) is 10.8. The van der Waals surface area contributed by atoms with Gasteiger partial charge in [-0.15, -0.1) is 11.3 Å². The molecule has 0 aliphatic heterocycles. The minimum Gasteiger partial charge on any atom is -0.395 e. The van der Waals surface area contributed by atoms with Crippen molar-refractivity contribution in [2.75, 3.05) is 19.7 Å². The number of thiazole rings is 1. The number of rotatable bonds is 7. The minimum atomic E-state index is -0.414. The van der Waals surface area contributed by atoms with Crippen molar-refractivity contribution in [3.05, 3.63) is 44.8 Å². The van der Waals surface area contributed by atoms with Gasteiger partial charge >= 0.3 is 0 Å². The number of aliphatic hydroxyl groups excluding tert-OH is 1. The van der Waals surface area contributed by atoms with E-state index in [4.69, 9.17) is 5.11 Å². The first-order valence-electron chi connectivity index (χ1n) is 6.21. The Hall–Kier alpha value is -1.83. The van der Waals surface area contributed by atoms with Crippen LogP contribution in [0.4, 0.5) is 5.69 Å². The Morgan fingerprint density at radius 3 is 2.70 bits per heavy atom. The largest absolute Gasteiger partial charge is 0.395 e. The van der Waals surface area contributed by atoms with Crippen molar-refractivity contribution in [2.45, 2.75) is 6.42 Å². The van der Waals surface area contributed by atoms with Crippen molar-refractivity contribution in [2.24, 2.45) is 0 Å². The molecule has 0 radical (unpaired) electrons. The van der Waals surface area contributed by atoms with E-state index in [1.807, 2.05) is 5.38 Å². The van der Waals surface area contributed by atoms with E-state index in [-0.39, 0.29) is 12.3 Å². The quantitative estimate of drug-likeness (QED) is 0.462. The van der Waals surface area contributed by atoms with Crippen LogP contribution in [0.2, 0.25) is 0 Å². The summed E-state index contributed by atoms with van der Waals surface area (Å²) in [6.45, 7) is 1.49. The van der Waals surface area contributed by atoms with Crippen LogP contribution in [0.3, 0.4) is 0 Å². The van der Waals surface area contributed by atoms with E-state index in [2.05, 4.69) is 10.3 Å². The number of nitrogens with zero attached hydrogens (tertiary/aromatic N) is 2. The van der Waals surface area contributed by atoms with Gasteiger partial charge in [0.2, 0.25) is 0 Å². The average Bonchev–Trinajstić information content (AvgIpc) is 2.92. The van der Waals surface area contributed by atoms with Gasteiger partial charge in [-0.1, -0.05) is 0 Å². The maximum absolute atomic E-state index is 10.6. The minimum absolute atomic E-state index is 0.0809. The Bertz CT molecular complexity index is 568. The monoisotopic (exact) mass is 293 g/mol. The van der Waals surface area contributed by atoms with Gasteiger partial charge in [0.05, 0.1) is 22.2 Å². The first kappa shape index (κ1) is 14.6. The van der Waals surface area contributed by atoms with E-state index in [0.717, 1.165) is 29.2 Å². The van der Waals surface area contributed by atoms with Crippen LogP contribution in [-0.2, 0) is 6.42 Å². The van der Waals surface area contributed by atoms with Gasteiger partial charge in [-0.3, -0.25) is 10.1 Å². The molecule has 0 saturated heterocycles. The van der Waals surface area contributed by atoms with Crippen molar-refractivity contribution in [1.29, 1.82) is 0 Å². The van der Waals surface area contributed by atoms with Crippen molar-refractivity contribution < 1.29 is 10.0 Å². The fourth-order valence-corrected chi connectivity index (χ4v) is 2.52. The number of aromatic nitrogens is 1. The van der Waals surface area contributed by atoms with Gasteiger partial charge in [-0.25, -0.2) is 4.98 Å². The number of nitrogens with one attached hydrogen (secondary N) is 1. The summed E-state index contributed by atoms with van der Waals surface area (Å²) in [5.41, 5.74) is 1.79. The number of non-ortho nitro benzene ring substituents is 1. The SMILES string of the molecule is O=[N+]([O-])c1ccc(-c2csc(CCNCCO)n2)cc1. The second kappa shape index (κ2) is 7.09. The van der Waals surface area contributed by atoms with Gasteiger partial charge in [0.25, 0.3) is 5.69 Å². The fourth-order valence-electron chi connectivity index (χ4n) is 1.71. The third kappa shape index (κ3) is 3.83. The van der Waals surface area contributed by atoms with Crippen LogP contribution in [0.25, 0.3) is 11.3 Å². The van der Waals surface area contributed by atoms with Gasteiger partial charge in [0.1, 0.15) is 0 Å². The molecule has 0 bridgehead atoms. The van der Waals surface area contributed by atoms with Gasteiger partial charge in [0, 0.05) is 42.6 Å². The van der Waals surface area contributed by atoms with Gasteiger partial charge in [-0.05, 0) is 12.1 Å². The zero-order chi connectivity index (χ0) is 14.4. The van der Waals surface area contributed by atoms with Crippen molar-refractivity contribution in [3.8, 4) is 11.3 Å². The van der Waals surface area contributed by atoms with E-state index in [9.17, 15) is 10.1 Å². The maximum atomic E-state index is 10.6. The molecule has 0 aliphatic rings. The fraction of sp³-hybridized carbons (Fsp3) is 0.308. The summed E-state index contributed by atoms with van der Waals surface area (Å²) in [6, 6.07) is 6.39. The second-order valence-corrected chi connectivity index (χ2v) is 5.10. The summed E-state index contributed by atoms with van der Waals surface area (Å²) >= 11 is 1.57. The molecule has 20 heavy (non-hydrogen) atoms. The third-order valence-electron chi connectivity index (χ3n) is 2.73. The molecule has 0 fully saturated rings. The maximum Gasteiger partial charge on any atom is 0.269 e. The summed E-state index contributed by atoms with van der Waals surface area (Å²) in [6.07, 6.45) is 0.803. The molecule has 1 heterocycles. The number of nitro groups is 1. The molecular weight excluding hydrogens is 278 g/mol. The highest BCUT2D eigenvalue weighted by atomic mass is 32.1. The first-order chi connectivity index (χ1) is 9.70. The molecule has 6 nitrogen and oxygen atoms in total. The predicted molar refractivity (Wildman–Crippen MR) is 77.9 cm³/mol. The van der Waals surface area contributed by atoms with Crippen LogP contribution in [0, 0.1) is 10.1 Å². The van der Waals surface area contributed by atoms with Gasteiger partial charge in [-0.2, -0.15) is 0 Å². The summed E-state index contributed by atoms with van der Waals surface area (Å²) in [4.78, 5) is 14.7. The molecule has 1 aromatic carbocycles. The lowest BCUT2D eigenvalue weighted by atomic mass is 10.1. The van der Waals surface area contributed by atoms with E-state index in [1.165, 1.54) is 12.1 Å². The predicted octanol–water partition coefficient (Wildman–Crippen LogP) is 1.84. The number of nitro benzene ring substituents is 1. The van der Waals surface area contributed by atoms with Gasteiger partial charge in [0.15, 0.2) is 0 Å². The molecule has 7 heteroatoms. The van der Waals surface area contributed by atoms with Crippen molar-refractivity contribution in [3.63, 3.8) is 0 Å². The van der Waals surface area contributed by atoms with E-state index in [1.54, 1.807) is 23.5 Å². The molecule has 2 rings (SSSR count). The Morgan fingerprint density at radius 2 is 2.05 bits per heavy atom. The molecule has 0 aliphatic carbocycles. The van der Waals surface area contributed by atoms with Crippen LogP contribution in [0.15, 0.2) is 29.6 Å². The lowest BCUT2D eigenvalue weighted by Crippen LogP contribution is -2.20. The zero-order valence-corrected chi connectivity index (χ0v) is 11.6. The molecule has 0 unspecified atom stereocenters. The highest BCUT2D eigenvalue weighted by Crippen LogP contribution is 2.24. The number of benzene rings is 1. The molecule has 0 spiro atoms. The van der Waals surface area contributed by atoms with E-state index >= 15 is 0 Å². The van der Waals surface area contributed by atoms with E-state index < -0.39 is 4.92 Å². The second-order valence-electron chi connectivity index (χ2n) is 4.15. The standard InChI is InChI=1S/C13H15N3O3S/c17-8-7-14-6-5-13-15-12(9-20-13)10-1-3-11(4-2-10)16(18)19/h1-4,9,14,17H,5-8H2. The molecule has 1 aromatic heterocycles. The number of aliphatic hydroxyl groups is 1. The number of hydrogen-bond acceptors (Lipinski definition) is 6. The van der Waals surface area contributed by atoms with Crippen LogP contribution >= 0.6 is 11.3 Å². The van der Waals surface area contributed by atoms with E-state index in [0.29, 0.717) is 6.54 Å². The average molecular weight is 293 g/mol. The summed E-state index contributed by atoms with van der Waals surface area (Å²) in [5.74, 6) is 0. The van der Waals surface area contributed by atoms with Crippen molar-refractivity contribution >= 4 is 17.0 Å². The smallest absolute Gasteiger partial charge is 0.269 e. The molecule has 0 amide bonds. The Morgan fingerprint density at radius 1 is 1.30 bits per heavy atom. The Balaban J connectivity index is 1.99. The lowest BCUT2D eigenvalue weighted by molar-refractivity contribution is -0.384. The first-order valence-corrected chi connectivity index (χ1v) is 7.09. The topological polar surface area (TPSA) is 88.3 Å².